The maximum absolute atomic E-state index is 10.8. The topological polar surface area (TPSA) is 68.9 Å². The molecule has 0 spiro atoms. The molecule has 0 aromatic carbocycles. The van der Waals surface area contributed by atoms with Crippen LogP contribution in [0.15, 0.2) is 6.33 Å². The van der Waals surface area contributed by atoms with Gasteiger partial charge in [-0.25, -0.2) is 9.97 Å². The molecule has 1 heterocycles. The predicted octanol–water partition coefficient (Wildman–Crippen LogP) is 2.53. The third-order valence-corrected chi connectivity index (χ3v) is 3.23. The van der Waals surface area contributed by atoms with Crippen LogP contribution < -0.4 is 5.73 Å². The smallest absolute Gasteiger partial charge is 0.217 e. The highest BCUT2D eigenvalue weighted by molar-refractivity contribution is 6.30. The number of hydrogen-bond donors (Lipinski definition) is 1. The summed E-state index contributed by atoms with van der Waals surface area (Å²) in [7, 11) is 0. The third-order valence-electron chi connectivity index (χ3n) is 2.91. The van der Waals surface area contributed by atoms with E-state index in [-0.39, 0.29) is 11.8 Å². The molecule has 0 aliphatic rings. The Morgan fingerprint density at radius 1 is 1.44 bits per heavy atom. The Balaban J connectivity index is 2.66. The Morgan fingerprint density at radius 2 is 2.17 bits per heavy atom. The number of primary amides is 1. The van der Waals surface area contributed by atoms with Gasteiger partial charge < -0.3 is 5.73 Å². The first kappa shape index (κ1) is 14.9. The first-order valence-electron chi connectivity index (χ1n) is 6.31. The van der Waals surface area contributed by atoms with Crippen LogP contribution in [0.4, 0.5) is 0 Å². The van der Waals surface area contributed by atoms with Gasteiger partial charge in [0.2, 0.25) is 5.91 Å². The van der Waals surface area contributed by atoms with E-state index in [9.17, 15) is 4.79 Å². The first-order valence-corrected chi connectivity index (χ1v) is 6.68. The van der Waals surface area contributed by atoms with Crippen molar-refractivity contribution >= 4 is 17.5 Å². The minimum absolute atomic E-state index is 0.253. The lowest BCUT2D eigenvalue weighted by Crippen LogP contribution is -2.15. The highest BCUT2D eigenvalue weighted by atomic mass is 35.5. The molecule has 0 saturated heterocycles. The Labute approximate surface area is 113 Å². The fourth-order valence-electron chi connectivity index (χ4n) is 1.97. The second kappa shape index (κ2) is 7.31. The van der Waals surface area contributed by atoms with Gasteiger partial charge in [-0.05, 0) is 25.2 Å². The molecule has 1 amide bonds. The van der Waals surface area contributed by atoms with Crippen molar-refractivity contribution in [1.82, 2.24) is 9.97 Å². The van der Waals surface area contributed by atoms with E-state index in [4.69, 9.17) is 17.3 Å². The van der Waals surface area contributed by atoms with E-state index in [2.05, 4.69) is 16.9 Å². The summed E-state index contributed by atoms with van der Waals surface area (Å²) in [5, 5.41) is 0.546. The van der Waals surface area contributed by atoms with Gasteiger partial charge in [-0.15, -0.1) is 0 Å². The summed E-state index contributed by atoms with van der Waals surface area (Å²) in [4.78, 5) is 19.1. The highest BCUT2D eigenvalue weighted by Gasteiger charge is 2.12. The second-order valence-electron chi connectivity index (χ2n) is 4.65. The quantitative estimate of drug-likeness (QED) is 0.774. The zero-order chi connectivity index (χ0) is 13.5. The molecule has 0 aliphatic heterocycles. The number of rotatable bonds is 7. The van der Waals surface area contributed by atoms with Gasteiger partial charge in [0, 0.05) is 17.7 Å². The van der Waals surface area contributed by atoms with Gasteiger partial charge in [0.25, 0.3) is 0 Å². The predicted molar refractivity (Wildman–Crippen MR) is 72.3 cm³/mol. The molecule has 0 bridgehead atoms. The first-order chi connectivity index (χ1) is 8.54. The number of hydrogen-bond acceptors (Lipinski definition) is 3. The highest BCUT2D eigenvalue weighted by Crippen LogP contribution is 2.20. The van der Waals surface area contributed by atoms with Gasteiger partial charge in [0.05, 0.1) is 0 Å². The Hall–Kier alpha value is -1.16. The molecule has 1 unspecified atom stereocenters. The number of aryl methyl sites for hydroxylation is 1. The maximum atomic E-state index is 10.8. The fraction of sp³-hybridized carbons (Fsp3) is 0.615. The monoisotopic (exact) mass is 269 g/mol. The van der Waals surface area contributed by atoms with Gasteiger partial charge in [-0.1, -0.05) is 31.9 Å². The average Bonchev–Trinajstić information content (AvgIpc) is 2.29. The summed E-state index contributed by atoms with van der Waals surface area (Å²) in [6.07, 6.45) is 5.51. The molecule has 2 N–H and O–H groups in total. The third kappa shape index (κ3) is 4.61. The van der Waals surface area contributed by atoms with E-state index < -0.39 is 0 Å². The molecule has 5 heteroatoms. The molecule has 0 fully saturated rings. The van der Waals surface area contributed by atoms with Crippen molar-refractivity contribution < 1.29 is 4.79 Å². The molecular formula is C13H20ClN3O. The van der Waals surface area contributed by atoms with Gasteiger partial charge in [-0.3, -0.25) is 4.79 Å². The summed E-state index contributed by atoms with van der Waals surface area (Å²) < 4.78 is 0. The van der Waals surface area contributed by atoms with E-state index >= 15 is 0 Å². The molecule has 1 rings (SSSR count). The minimum Gasteiger partial charge on any atom is -0.370 e. The van der Waals surface area contributed by atoms with Crippen LogP contribution in [-0.2, 0) is 17.6 Å². The summed E-state index contributed by atoms with van der Waals surface area (Å²) in [6, 6.07) is 0. The van der Waals surface area contributed by atoms with E-state index in [0.717, 1.165) is 36.9 Å². The van der Waals surface area contributed by atoms with E-state index in [0.29, 0.717) is 11.6 Å². The molecule has 18 heavy (non-hydrogen) atoms. The Bertz CT molecular complexity index is 409. The number of nitrogens with zero attached hydrogens (tertiary/aromatic N) is 2. The van der Waals surface area contributed by atoms with Crippen molar-refractivity contribution in [2.24, 2.45) is 11.7 Å². The molecule has 1 aromatic heterocycles. The number of nitrogens with two attached hydrogens (primary N) is 1. The minimum atomic E-state index is -0.253. The Kier molecular flexibility index (Phi) is 6.05. The van der Waals surface area contributed by atoms with E-state index in [1.807, 2.05) is 6.92 Å². The van der Waals surface area contributed by atoms with Crippen molar-refractivity contribution in [3.63, 3.8) is 0 Å². The molecule has 1 aromatic rings. The molecule has 0 radical (unpaired) electrons. The molecule has 100 valence electrons. The van der Waals surface area contributed by atoms with Crippen molar-refractivity contribution in [3.8, 4) is 0 Å². The molecule has 1 atom stereocenters. The standard InChI is InChI=1S/C13H20ClN3O/c1-3-4-10-11(16-8-17-13(10)14)6-5-9(2)7-12(15)18/h8-9H,3-7H2,1-2H3,(H2,15,18). The van der Waals surface area contributed by atoms with Crippen molar-refractivity contribution in [1.29, 1.82) is 0 Å². The maximum Gasteiger partial charge on any atom is 0.217 e. The lowest BCUT2D eigenvalue weighted by Gasteiger charge is -2.11. The zero-order valence-electron chi connectivity index (χ0n) is 10.9. The SMILES string of the molecule is CCCc1c(Cl)ncnc1CCC(C)CC(N)=O. The van der Waals surface area contributed by atoms with Crippen LogP contribution in [0.3, 0.4) is 0 Å². The lowest BCUT2D eigenvalue weighted by atomic mass is 9.98. The van der Waals surface area contributed by atoms with Crippen molar-refractivity contribution in [3.05, 3.63) is 22.7 Å². The largest absolute Gasteiger partial charge is 0.370 e. The summed E-state index contributed by atoms with van der Waals surface area (Å²) in [5.41, 5.74) is 7.21. The summed E-state index contributed by atoms with van der Waals surface area (Å²) in [5.74, 6) is 0.0164. The van der Waals surface area contributed by atoms with Crippen LogP contribution in [0.5, 0.6) is 0 Å². The number of amides is 1. The second-order valence-corrected chi connectivity index (χ2v) is 5.01. The molecule has 0 saturated carbocycles. The Morgan fingerprint density at radius 3 is 2.78 bits per heavy atom. The zero-order valence-corrected chi connectivity index (χ0v) is 11.7. The van der Waals surface area contributed by atoms with Gasteiger partial charge >= 0.3 is 0 Å². The number of aromatic nitrogens is 2. The van der Waals surface area contributed by atoms with Crippen molar-refractivity contribution in [2.75, 3.05) is 0 Å². The normalized spacial score (nSPS) is 12.4. The number of carbonyl (C=O) groups is 1. The van der Waals surface area contributed by atoms with Gasteiger partial charge in [0.1, 0.15) is 11.5 Å². The van der Waals surface area contributed by atoms with Crippen LogP contribution in [0, 0.1) is 5.92 Å². The van der Waals surface area contributed by atoms with Crippen LogP contribution in [0.25, 0.3) is 0 Å². The number of carbonyl (C=O) groups excluding carboxylic acids is 1. The molecular weight excluding hydrogens is 250 g/mol. The average molecular weight is 270 g/mol. The van der Waals surface area contributed by atoms with Gasteiger partial charge in [0.15, 0.2) is 0 Å². The van der Waals surface area contributed by atoms with Gasteiger partial charge in [-0.2, -0.15) is 0 Å². The fourth-order valence-corrected chi connectivity index (χ4v) is 2.21. The van der Waals surface area contributed by atoms with Crippen LogP contribution in [0.2, 0.25) is 5.15 Å². The molecule has 4 nitrogen and oxygen atoms in total. The van der Waals surface area contributed by atoms with Crippen LogP contribution >= 0.6 is 11.6 Å². The summed E-state index contributed by atoms with van der Waals surface area (Å²) >= 11 is 6.08. The van der Waals surface area contributed by atoms with Crippen LogP contribution in [0.1, 0.15) is 44.4 Å². The summed E-state index contributed by atoms with van der Waals surface area (Å²) in [6.45, 7) is 4.12. The number of halogens is 1. The van der Waals surface area contributed by atoms with E-state index in [1.54, 1.807) is 0 Å². The van der Waals surface area contributed by atoms with Crippen LogP contribution in [-0.4, -0.2) is 15.9 Å². The van der Waals surface area contributed by atoms with Crippen molar-refractivity contribution in [2.45, 2.75) is 46.0 Å². The molecule has 0 aliphatic carbocycles. The lowest BCUT2D eigenvalue weighted by molar-refractivity contribution is -0.118. The van der Waals surface area contributed by atoms with E-state index in [1.165, 1.54) is 6.33 Å².